The quantitative estimate of drug-likeness (QED) is 0.123. The smallest absolute Gasteiger partial charge is 0.347 e. The van der Waals surface area contributed by atoms with Crippen LogP contribution in [0.15, 0.2) is 86.2 Å². The van der Waals surface area contributed by atoms with Crippen LogP contribution in [0.5, 0.6) is 5.75 Å². The molecule has 0 aliphatic carbocycles. The molecule has 1 aromatic heterocycles. The normalized spacial score (nSPS) is 13.6. The number of benzene rings is 4. The Labute approximate surface area is 264 Å². The number of methoxy groups -OCH3 is 1. The number of amides is 2. The molecule has 0 saturated heterocycles. The number of carbonyl (C=O) groups excluding carboxylic acids is 3. The van der Waals surface area contributed by atoms with E-state index < -0.39 is 12.1 Å². The van der Waals surface area contributed by atoms with Gasteiger partial charge in [-0.15, -0.1) is 11.3 Å². The molecule has 2 heterocycles. The predicted molar refractivity (Wildman–Crippen MR) is 171 cm³/mol. The molecule has 0 unspecified atom stereocenters. The van der Waals surface area contributed by atoms with Gasteiger partial charge in [0.05, 0.1) is 27.2 Å². The first kappa shape index (κ1) is 28.1. The number of fused-ring (bicyclic) bond motifs is 4. The second kappa shape index (κ2) is 11.3. The van der Waals surface area contributed by atoms with Gasteiger partial charge < -0.3 is 9.47 Å². The average Bonchev–Trinajstić information content (AvgIpc) is 3.46. The summed E-state index contributed by atoms with van der Waals surface area (Å²) in [5.41, 5.74) is 2.70. The van der Waals surface area contributed by atoms with Crippen LogP contribution in [0.2, 0.25) is 0 Å². The SMILES string of the molecule is COC(=O)[C@@H](CCN1C(=O)c2ccccc2C1=O)Oc1c(Br)cc(-c2c(Br)ccc3sc4ccccc4c23)cc1Br. The monoisotopic (exact) mass is 755 g/mol. The van der Waals surface area contributed by atoms with Crippen molar-refractivity contribution in [3.63, 3.8) is 0 Å². The maximum atomic E-state index is 12.8. The van der Waals surface area contributed by atoms with Crippen LogP contribution >= 0.6 is 59.1 Å². The summed E-state index contributed by atoms with van der Waals surface area (Å²) in [4.78, 5) is 39.5. The molecule has 0 radical (unpaired) electrons. The second-order valence-electron chi connectivity index (χ2n) is 9.39. The highest BCUT2D eigenvalue weighted by Crippen LogP contribution is 2.46. The van der Waals surface area contributed by atoms with Crippen LogP contribution in [0, 0.1) is 0 Å². The van der Waals surface area contributed by atoms with Crippen molar-refractivity contribution < 1.29 is 23.9 Å². The zero-order valence-electron chi connectivity index (χ0n) is 21.5. The number of hydrogen-bond donors (Lipinski definition) is 0. The van der Waals surface area contributed by atoms with Gasteiger partial charge in [-0.05, 0) is 79.9 Å². The van der Waals surface area contributed by atoms with Crippen molar-refractivity contribution in [1.29, 1.82) is 0 Å². The molecule has 2 amide bonds. The summed E-state index contributed by atoms with van der Waals surface area (Å²) in [6.45, 7) is -0.000387. The highest BCUT2D eigenvalue weighted by atomic mass is 79.9. The topological polar surface area (TPSA) is 72.9 Å². The van der Waals surface area contributed by atoms with Gasteiger partial charge in [0, 0.05) is 43.2 Å². The number of rotatable bonds is 7. The van der Waals surface area contributed by atoms with E-state index in [0.717, 1.165) is 25.9 Å². The van der Waals surface area contributed by atoms with Crippen molar-refractivity contribution in [2.75, 3.05) is 13.7 Å². The van der Waals surface area contributed by atoms with Crippen LogP contribution in [-0.2, 0) is 9.53 Å². The fraction of sp³-hybridized carbons (Fsp3) is 0.129. The van der Waals surface area contributed by atoms with Gasteiger partial charge in [0.2, 0.25) is 0 Å². The molecule has 6 nitrogen and oxygen atoms in total. The van der Waals surface area contributed by atoms with Crippen LogP contribution in [0.25, 0.3) is 31.3 Å². The lowest BCUT2D eigenvalue weighted by atomic mass is 9.99. The Morgan fingerprint density at radius 2 is 1.49 bits per heavy atom. The van der Waals surface area contributed by atoms with Crippen molar-refractivity contribution >= 4 is 97.1 Å². The molecule has 10 heteroatoms. The van der Waals surface area contributed by atoms with E-state index >= 15 is 0 Å². The highest BCUT2D eigenvalue weighted by Gasteiger charge is 2.36. The van der Waals surface area contributed by atoms with E-state index in [4.69, 9.17) is 9.47 Å². The molecule has 0 fully saturated rings. The minimum atomic E-state index is -1.06. The first-order valence-electron chi connectivity index (χ1n) is 12.6. The van der Waals surface area contributed by atoms with E-state index in [2.05, 4.69) is 66.0 Å². The fourth-order valence-corrected chi connectivity index (χ4v) is 8.12. The summed E-state index contributed by atoms with van der Waals surface area (Å²) in [7, 11) is 1.28. The van der Waals surface area contributed by atoms with Crippen LogP contribution in [0.3, 0.4) is 0 Å². The Morgan fingerprint density at radius 1 is 0.854 bits per heavy atom. The molecule has 5 aromatic rings. The van der Waals surface area contributed by atoms with Crippen LogP contribution in [-0.4, -0.2) is 42.4 Å². The zero-order valence-corrected chi connectivity index (χ0v) is 27.0. The largest absolute Gasteiger partial charge is 0.476 e. The molecule has 41 heavy (non-hydrogen) atoms. The Balaban J connectivity index is 1.31. The fourth-order valence-electron chi connectivity index (χ4n) is 5.08. The first-order chi connectivity index (χ1) is 19.8. The Hall–Kier alpha value is -3.05. The maximum Gasteiger partial charge on any atom is 0.347 e. The summed E-state index contributed by atoms with van der Waals surface area (Å²) >= 11 is 12.8. The first-order valence-corrected chi connectivity index (χ1v) is 15.8. The summed E-state index contributed by atoms with van der Waals surface area (Å²) < 4.78 is 15.8. The van der Waals surface area contributed by atoms with Gasteiger partial charge >= 0.3 is 5.97 Å². The Morgan fingerprint density at radius 3 is 2.15 bits per heavy atom. The molecular weight excluding hydrogens is 738 g/mol. The minimum Gasteiger partial charge on any atom is -0.476 e. The van der Waals surface area contributed by atoms with Crippen LogP contribution < -0.4 is 4.74 Å². The molecular formula is C31H20Br3NO5S. The third-order valence-corrected chi connectivity index (χ3v) is 9.97. The van der Waals surface area contributed by atoms with Crippen molar-refractivity contribution in [1.82, 2.24) is 4.90 Å². The van der Waals surface area contributed by atoms with E-state index in [9.17, 15) is 14.4 Å². The minimum absolute atomic E-state index is 0.000387. The number of halogens is 3. The second-order valence-corrected chi connectivity index (χ2v) is 13.0. The number of carbonyl (C=O) groups is 3. The summed E-state index contributed by atoms with van der Waals surface area (Å²) in [6.07, 6.45) is -0.997. The predicted octanol–water partition coefficient (Wildman–Crippen LogP) is 8.62. The molecule has 1 atom stereocenters. The molecule has 6 rings (SSSR count). The molecule has 0 bridgehead atoms. The third kappa shape index (κ3) is 5.01. The molecule has 1 aliphatic heterocycles. The molecule has 1 aliphatic rings. The van der Waals surface area contributed by atoms with Gasteiger partial charge in [-0.25, -0.2) is 4.79 Å². The highest BCUT2D eigenvalue weighted by molar-refractivity contribution is 9.11. The zero-order chi connectivity index (χ0) is 28.8. The standard InChI is InChI=1S/C31H20Br3NO5S/c1-39-31(38)23(12-13-35-29(36)17-6-2-3-7-18(17)30(35)37)40-28-21(33)14-16(15-22(28)34)26-20(32)10-11-25-27(26)19-8-4-5-9-24(19)41-25/h2-11,14-15,23H,12-13H2,1H3/t23-/m1/s1. The van der Waals surface area contributed by atoms with E-state index in [1.165, 1.54) is 21.9 Å². The van der Waals surface area contributed by atoms with Crippen molar-refractivity contribution in [3.05, 3.63) is 97.3 Å². The van der Waals surface area contributed by atoms with E-state index in [-0.39, 0.29) is 24.8 Å². The molecule has 206 valence electrons. The Bertz CT molecular complexity index is 1830. The summed E-state index contributed by atoms with van der Waals surface area (Å²) in [6, 6.07) is 23.1. The van der Waals surface area contributed by atoms with Crippen LogP contribution in [0.4, 0.5) is 0 Å². The van der Waals surface area contributed by atoms with E-state index in [1.807, 2.05) is 30.3 Å². The van der Waals surface area contributed by atoms with E-state index in [1.54, 1.807) is 35.6 Å². The number of thiophene rings is 1. The molecule has 0 saturated carbocycles. The summed E-state index contributed by atoms with van der Waals surface area (Å²) in [5, 5.41) is 2.33. The van der Waals surface area contributed by atoms with Gasteiger partial charge in [-0.3, -0.25) is 14.5 Å². The van der Waals surface area contributed by atoms with Gasteiger partial charge in [0.1, 0.15) is 5.75 Å². The average molecular weight is 758 g/mol. The lowest BCUT2D eigenvalue weighted by molar-refractivity contribution is -0.149. The third-order valence-electron chi connectivity index (χ3n) is 7.00. The number of nitrogens with zero attached hydrogens (tertiary/aromatic N) is 1. The van der Waals surface area contributed by atoms with Crippen molar-refractivity contribution in [2.24, 2.45) is 0 Å². The van der Waals surface area contributed by atoms with Gasteiger partial charge in [0.25, 0.3) is 11.8 Å². The number of imide groups is 1. The lowest BCUT2D eigenvalue weighted by Gasteiger charge is -2.22. The lowest BCUT2D eigenvalue weighted by Crippen LogP contribution is -2.37. The Kier molecular flexibility index (Phi) is 7.76. The van der Waals surface area contributed by atoms with Crippen LogP contribution in [0.1, 0.15) is 27.1 Å². The number of hydrogen-bond acceptors (Lipinski definition) is 6. The maximum absolute atomic E-state index is 12.8. The van der Waals surface area contributed by atoms with Crippen molar-refractivity contribution in [2.45, 2.75) is 12.5 Å². The summed E-state index contributed by atoms with van der Waals surface area (Å²) in [5.74, 6) is -0.977. The molecule has 0 spiro atoms. The number of ether oxygens (including phenoxy) is 2. The molecule has 4 aromatic carbocycles. The van der Waals surface area contributed by atoms with Gasteiger partial charge in [0.15, 0.2) is 6.10 Å². The van der Waals surface area contributed by atoms with Gasteiger partial charge in [-0.1, -0.05) is 46.3 Å². The molecule has 0 N–H and O–H groups in total. The van der Waals surface area contributed by atoms with E-state index in [0.29, 0.717) is 25.8 Å². The number of esters is 1. The van der Waals surface area contributed by atoms with Gasteiger partial charge in [-0.2, -0.15) is 0 Å². The van der Waals surface area contributed by atoms with Crippen molar-refractivity contribution in [3.8, 4) is 16.9 Å².